The van der Waals surface area contributed by atoms with Crippen molar-refractivity contribution in [2.24, 2.45) is 11.7 Å². The molecule has 2 atom stereocenters. The summed E-state index contributed by atoms with van der Waals surface area (Å²) in [5, 5.41) is 2.93. The third kappa shape index (κ3) is 4.91. The maximum atomic E-state index is 11.9. The van der Waals surface area contributed by atoms with Crippen molar-refractivity contribution in [1.82, 2.24) is 5.32 Å². The molecule has 1 aromatic carbocycles. The SMILES string of the molecule is COc1ccc([C@@H](C)NC(=O)[C@H](N)CC(C)C)cc1. The molecule has 1 amide bonds. The van der Waals surface area contributed by atoms with Crippen LogP contribution in [0.4, 0.5) is 0 Å². The first kappa shape index (κ1) is 15.5. The Balaban J connectivity index is 2.57. The van der Waals surface area contributed by atoms with Gasteiger partial charge in [-0.1, -0.05) is 26.0 Å². The molecule has 0 aromatic heterocycles. The fourth-order valence-electron chi connectivity index (χ4n) is 1.91. The molecule has 0 bridgehead atoms. The molecule has 3 N–H and O–H groups in total. The van der Waals surface area contributed by atoms with Crippen molar-refractivity contribution in [3.63, 3.8) is 0 Å². The van der Waals surface area contributed by atoms with Gasteiger partial charge in [-0.05, 0) is 37.0 Å². The number of nitrogens with one attached hydrogen (secondary N) is 1. The average Bonchev–Trinajstić information content (AvgIpc) is 2.37. The van der Waals surface area contributed by atoms with Crippen LogP contribution in [0.2, 0.25) is 0 Å². The zero-order chi connectivity index (χ0) is 14.4. The number of carbonyl (C=O) groups is 1. The first-order valence-corrected chi connectivity index (χ1v) is 6.64. The van der Waals surface area contributed by atoms with E-state index >= 15 is 0 Å². The van der Waals surface area contributed by atoms with Crippen molar-refractivity contribution >= 4 is 5.91 Å². The van der Waals surface area contributed by atoms with Crippen molar-refractivity contribution in [2.45, 2.75) is 39.3 Å². The summed E-state index contributed by atoms with van der Waals surface area (Å²) in [7, 11) is 1.63. The molecule has 106 valence electrons. The summed E-state index contributed by atoms with van der Waals surface area (Å²) < 4.78 is 5.10. The highest BCUT2D eigenvalue weighted by atomic mass is 16.5. The average molecular weight is 264 g/mol. The highest BCUT2D eigenvalue weighted by molar-refractivity contribution is 5.81. The normalized spacial score (nSPS) is 14.0. The maximum absolute atomic E-state index is 11.9. The molecule has 0 fully saturated rings. The zero-order valence-electron chi connectivity index (χ0n) is 12.1. The van der Waals surface area contributed by atoms with Gasteiger partial charge in [-0.15, -0.1) is 0 Å². The predicted octanol–water partition coefficient (Wildman–Crippen LogP) is 2.25. The molecular formula is C15H24N2O2. The van der Waals surface area contributed by atoms with E-state index in [2.05, 4.69) is 19.2 Å². The van der Waals surface area contributed by atoms with Crippen LogP contribution in [0.3, 0.4) is 0 Å². The van der Waals surface area contributed by atoms with E-state index in [1.807, 2.05) is 31.2 Å². The number of ether oxygens (including phenoxy) is 1. The lowest BCUT2D eigenvalue weighted by molar-refractivity contribution is -0.123. The van der Waals surface area contributed by atoms with Crippen LogP contribution in [0.25, 0.3) is 0 Å². The minimum atomic E-state index is -0.444. The quantitative estimate of drug-likeness (QED) is 0.828. The zero-order valence-corrected chi connectivity index (χ0v) is 12.1. The molecule has 19 heavy (non-hydrogen) atoms. The second-order valence-electron chi connectivity index (χ2n) is 5.24. The van der Waals surface area contributed by atoms with E-state index in [1.54, 1.807) is 7.11 Å². The van der Waals surface area contributed by atoms with Gasteiger partial charge in [0.15, 0.2) is 0 Å². The van der Waals surface area contributed by atoms with Crippen LogP contribution in [-0.2, 0) is 4.79 Å². The Morgan fingerprint density at radius 2 is 1.84 bits per heavy atom. The fourth-order valence-corrected chi connectivity index (χ4v) is 1.91. The molecule has 4 nitrogen and oxygen atoms in total. The third-order valence-corrected chi connectivity index (χ3v) is 3.04. The van der Waals surface area contributed by atoms with Crippen molar-refractivity contribution in [3.05, 3.63) is 29.8 Å². The molecule has 1 rings (SSSR count). The number of methoxy groups -OCH3 is 1. The highest BCUT2D eigenvalue weighted by Crippen LogP contribution is 2.17. The van der Waals surface area contributed by atoms with Crippen LogP contribution >= 0.6 is 0 Å². The van der Waals surface area contributed by atoms with Gasteiger partial charge in [0, 0.05) is 0 Å². The molecule has 0 aliphatic heterocycles. The van der Waals surface area contributed by atoms with E-state index < -0.39 is 6.04 Å². The van der Waals surface area contributed by atoms with Gasteiger partial charge < -0.3 is 15.8 Å². The van der Waals surface area contributed by atoms with E-state index in [0.29, 0.717) is 12.3 Å². The molecule has 1 aromatic rings. The second kappa shape index (κ2) is 7.14. The van der Waals surface area contributed by atoms with Crippen LogP contribution < -0.4 is 15.8 Å². The molecule has 0 spiro atoms. The lowest BCUT2D eigenvalue weighted by Gasteiger charge is -2.19. The van der Waals surface area contributed by atoms with Gasteiger partial charge >= 0.3 is 0 Å². The Morgan fingerprint density at radius 1 is 1.26 bits per heavy atom. The Hall–Kier alpha value is -1.55. The molecule has 0 radical (unpaired) electrons. The molecule has 0 aliphatic rings. The van der Waals surface area contributed by atoms with Crippen molar-refractivity contribution in [1.29, 1.82) is 0 Å². The Morgan fingerprint density at radius 3 is 2.32 bits per heavy atom. The summed E-state index contributed by atoms with van der Waals surface area (Å²) in [5.41, 5.74) is 6.89. The Labute approximate surface area is 115 Å². The summed E-state index contributed by atoms with van der Waals surface area (Å²) in [6.45, 7) is 6.06. The number of nitrogens with two attached hydrogens (primary N) is 1. The van der Waals surface area contributed by atoms with Crippen molar-refractivity contribution in [3.8, 4) is 5.75 Å². The first-order chi connectivity index (χ1) is 8.93. The molecule has 0 saturated heterocycles. The van der Waals surface area contributed by atoms with Gasteiger partial charge in [-0.2, -0.15) is 0 Å². The summed E-state index contributed by atoms with van der Waals surface area (Å²) in [6, 6.07) is 7.14. The van der Waals surface area contributed by atoms with Crippen LogP contribution in [0, 0.1) is 5.92 Å². The monoisotopic (exact) mass is 264 g/mol. The predicted molar refractivity (Wildman–Crippen MR) is 77.0 cm³/mol. The van der Waals surface area contributed by atoms with Gasteiger partial charge in [-0.3, -0.25) is 4.79 Å². The minimum Gasteiger partial charge on any atom is -0.497 e. The standard InChI is InChI=1S/C15H24N2O2/c1-10(2)9-14(16)15(18)17-11(3)12-5-7-13(19-4)8-6-12/h5-8,10-11,14H,9,16H2,1-4H3,(H,17,18)/t11-,14-/m1/s1. The smallest absolute Gasteiger partial charge is 0.237 e. The molecule has 0 heterocycles. The minimum absolute atomic E-state index is 0.0587. The van der Waals surface area contributed by atoms with Gasteiger partial charge in [0.25, 0.3) is 0 Å². The summed E-state index contributed by atoms with van der Waals surface area (Å²) in [5.74, 6) is 1.12. The van der Waals surface area contributed by atoms with Crippen molar-refractivity contribution in [2.75, 3.05) is 7.11 Å². The van der Waals surface area contributed by atoms with Crippen LogP contribution in [0.5, 0.6) is 5.75 Å². The van der Waals surface area contributed by atoms with E-state index in [0.717, 1.165) is 11.3 Å². The van der Waals surface area contributed by atoms with Gasteiger partial charge in [0.2, 0.25) is 5.91 Å². The molecule has 0 aliphatic carbocycles. The van der Waals surface area contributed by atoms with E-state index in [9.17, 15) is 4.79 Å². The number of amides is 1. The number of hydrogen-bond acceptors (Lipinski definition) is 3. The Bertz CT molecular complexity index is 401. The van der Waals surface area contributed by atoms with E-state index in [1.165, 1.54) is 0 Å². The van der Waals surface area contributed by atoms with Gasteiger partial charge in [-0.25, -0.2) is 0 Å². The largest absolute Gasteiger partial charge is 0.497 e. The summed E-state index contributed by atoms with van der Waals surface area (Å²) in [4.78, 5) is 11.9. The van der Waals surface area contributed by atoms with Crippen LogP contribution in [0.15, 0.2) is 24.3 Å². The lowest BCUT2D eigenvalue weighted by atomic mass is 10.0. The first-order valence-electron chi connectivity index (χ1n) is 6.64. The molecule has 0 unspecified atom stereocenters. The molecule has 4 heteroatoms. The maximum Gasteiger partial charge on any atom is 0.237 e. The van der Waals surface area contributed by atoms with Gasteiger partial charge in [0.05, 0.1) is 19.2 Å². The summed E-state index contributed by atoms with van der Waals surface area (Å²) in [6.07, 6.45) is 0.696. The molecular weight excluding hydrogens is 240 g/mol. The Kier molecular flexibility index (Phi) is 5.83. The number of hydrogen-bond donors (Lipinski definition) is 2. The third-order valence-electron chi connectivity index (χ3n) is 3.04. The van der Waals surface area contributed by atoms with Crippen LogP contribution in [0.1, 0.15) is 38.8 Å². The van der Waals surface area contributed by atoms with Crippen molar-refractivity contribution < 1.29 is 9.53 Å². The fraction of sp³-hybridized carbons (Fsp3) is 0.533. The van der Waals surface area contributed by atoms with Gasteiger partial charge in [0.1, 0.15) is 5.75 Å². The van der Waals surface area contributed by atoms with E-state index in [4.69, 9.17) is 10.5 Å². The van der Waals surface area contributed by atoms with Crippen LogP contribution in [-0.4, -0.2) is 19.1 Å². The highest BCUT2D eigenvalue weighted by Gasteiger charge is 2.17. The number of benzene rings is 1. The lowest BCUT2D eigenvalue weighted by Crippen LogP contribution is -2.42. The topological polar surface area (TPSA) is 64.3 Å². The second-order valence-corrected chi connectivity index (χ2v) is 5.24. The van der Waals surface area contributed by atoms with E-state index in [-0.39, 0.29) is 11.9 Å². The number of carbonyl (C=O) groups excluding carboxylic acids is 1. The number of rotatable bonds is 6. The summed E-state index contributed by atoms with van der Waals surface area (Å²) >= 11 is 0. The molecule has 0 saturated carbocycles.